The molecular formula is C23H30NO5+. The van der Waals surface area contributed by atoms with Crippen LogP contribution in [0.1, 0.15) is 51.2 Å². The Bertz CT molecular complexity index is 919. The summed E-state index contributed by atoms with van der Waals surface area (Å²) < 4.78 is 12.6. The minimum absolute atomic E-state index is 0.138. The number of Topliss-reactive ketones (excluding diaryl/α,β-unsaturated/α-hetero) is 1. The van der Waals surface area contributed by atoms with Crippen molar-refractivity contribution in [2.75, 3.05) is 20.3 Å². The second-order valence-electron chi connectivity index (χ2n) is 10.6. The van der Waals surface area contributed by atoms with E-state index in [0.29, 0.717) is 23.4 Å². The van der Waals surface area contributed by atoms with E-state index in [9.17, 15) is 14.7 Å². The van der Waals surface area contributed by atoms with E-state index in [1.807, 2.05) is 26.8 Å². The lowest BCUT2D eigenvalue weighted by atomic mass is 9.51. The molecule has 6 heteroatoms. The number of rotatable bonds is 2. The fourth-order valence-corrected chi connectivity index (χ4v) is 6.37. The van der Waals surface area contributed by atoms with Gasteiger partial charge in [0.1, 0.15) is 0 Å². The molecule has 2 aliphatic heterocycles. The summed E-state index contributed by atoms with van der Waals surface area (Å²) in [5.74, 6) is 0.925. The summed E-state index contributed by atoms with van der Waals surface area (Å²) in [5.41, 5.74) is 1.38. The molecule has 1 unspecified atom stereocenters. The van der Waals surface area contributed by atoms with Crippen molar-refractivity contribution in [2.45, 2.75) is 64.0 Å². The number of esters is 1. The van der Waals surface area contributed by atoms with Crippen LogP contribution < -0.4 is 4.74 Å². The fraction of sp³-hybridized carbons (Fsp3) is 0.652. The summed E-state index contributed by atoms with van der Waals surface area (Å²) in [6.45, 7) is 6.79. The Morgan fingerprint density at radius 2 is 2.14 bits per heavy atom. The maximum absolute atomic E-state index is 12.8. The molecule has 5 atom stereocenters. The smallest absolute Gasteiger partial charge is 0.315 e. The second kappa shape index (κ2) is 5.75. The number of phenols is 1. The lowest BCUT2D eigenvalue weighted by Gasteiger charge is -2.59. The Morgan fingerprint density at radius 3 is 2.86 bits per heavy atom. The van der Waals surface area contributed by atoms with Gasteiger partial charge in [0.15, 0.2) is 23.4 Å². The zero-order valence-corrected chi connectivity index (χ0v) is 17.7. The molecule has 1 N–H and O–H groups in total. The zero-order valence-electron chi connectivity index (χ0n) is 17.7. The monoisotopic (exact) mass is 400 g/mol. The number of aromatic hydroxyl groups is 1. The maximum atomic E-state index is 12.8. The van der Waals surface area contributed by atoms with Crippen LogP contribution in [0.25, 0.3) is 0 Å². The molecule has 1 saturated heterocycles. The number of hydrogen-bond donors (Lipinski definition) is 1. The molecule has 1 saturated carbocycles. The van der Waals surface area contributed by atoms with E-state index in [4.69, 9.17) is 9.47 Å². The number of carbonyl (C=O) groups is 2. The summed E-state index contributed by atoms with van der Waals surface area (Å²) in [6.07, 6.45) is 2.51. The molecule has 156 valence electrons. The fourth-order valence-electron chi connectivity index (χ4n) is 6.37. The van der Waals surface area contributed by atoms with E-state index >= 15 is 0 Å². The first-order valence-corrected chi connectivity index (χ1v) is 10.6. The van der Waals surface area contributed by atoms with Gasteiger partial charge in [-0.05, 0) is 38.8 Å². The Labute approximate surface area is 171 Å². The largest absolute Gasteiger partial charge is 0.504 e. The van der Waals surface area contributed by atoms with Crippen LogP contribution in [0.15, 0.2) is 12.1 Å². The van der Waals surface area contributed by atoms with Crippen LogP contribution in [0.3, 0.4) is 0 Å². The molecule has 2 fully saturated rings. The third-order valence-corrected chi connectivity index (χ3v) is 7.88. The van der Waals surface area contributed by atoms with Crippen molar-refractivity contribution in [1.82, 2.24) is 0 Å². The molecule has 1 aromatic carbocycles. The summed E-state index contributed by atoms with van der Waals surface area (Å²) >= 11 is 0. The predicted molar refractivity (Wildman–Crippen MR) is 106 cm³/mol. The second-order valence-corrected chi connectivity index (χ2v) is 10.6. The highest BCUT2D eigenvalue weighted by Gasteiger charge is 2.69. The van der Waals surface area contributed by atoms with Gasteiger partial charge in [-0.3, -0.25) is 14.1 Å². The Kier molecular flexibility index (Phi) is 3.75. The number of ketones is 1. The van der Waals surface area contributed by atoms with E-state index in [1.165, 1.54) is 5.56 Å². The van der Waals surface area contributed by atoms with Crippen LogP contribution in [-0.2, 0) is 26.2 Å². The normalized spacial score (nSPS) is 37.0. The van der Waals surface area contributed by atoms with Crippen molar-refractivity contribution in [3.63, 3.8) is 0 Å². The molecular weight excluding hydrogens is 370 g/mol. The van der Waals surface area contributed by atoms with Gasteiger partial charge in [-0.25, -0.2) is 0 Å². The SMILES string of the molecule is CC(C)(C)C(=O)OC[N@+]1(C)CC[C@]23c4c5ccc(O)c4O[C@H]2C(=O)CC[C@H]3C1C5. The van der Waals surface area contributed by atoms with Gasteiger partial charge in [-0.2, -0.15) is 0 Å². The van der Waals surface area contributed by atoms with Crippen molar-refractivity contribution in [3.05, 3.63) is 23.3 Å². The maximum Gasteiger partial charge on any atom is 0.315 e. The number of piperidine rings is 1. The summed E-state index contributed by atoms with van der Waals surface area (Å²) in [4.78, 5) is 25.3. The molecule has 2 aliphatic carbocycles. The highest BCUT2D eigenvalue weighted by molar-refractivity contribution is 5.89. The first kappa shape index (κ1) is 18.9. The summed E-state index contributed by atoms with van der Waals surface area (Å²) in [7, 11) is 2.18. The van der Waals surface area contributed by atoms with E-state index < -0.39 is 11.5 Å². The van der Waals surface area contributed by atoms with Crippen LogP contribution in [0.4, 0.5) is 0 Å². The molecule has 1 spiro atoms. The number of likely N-dealkylation sites (N-methyl/N-ethyl adjacent to an activating group) is 1. The molecule has 6 nitrogen and oxygen atoms in total. The van der Waals surface area contributed by atoms with Gasteiger partial charge in [-0.1, -0.05) is 6.07 Å². The van der Waals surface area contributed by atoms with Gasteiger partial charge in [0.25, 0.3) is 0 Å². The number of carbonyl (C=O) groups excluding carboxylic acids is 2. The molecule has 0 aromatic heterocycles. The number of phenolic OH excluding ortho intramolecular Hbond substituents is 1. The van der Waals surface area contributed by atoms with Crippen molar-refractivity contribution in [3.8, 4) is 11.5 Å². The first-order valence-electron chi connectivity index (χ1n) is 10.6. The first-order chi connectivity index (χ1) is 13.6. The molecule has 2 bridgehead atoms. The van der Waals surface area contributed by atoms with Gasteiger partial charge < -0.3 is 14.6 Å². The van der Waals surface area contributed by atoms with Gasteiger partial charge in [-0.15, -0.1) is 0 Å². The molecule has 0 amide bonds. The average Bonchev–Trinajstić information content (AvgIpc) is 3.02. The Hall–Kier alpha value is -2.08. The quantitative estimate of drug-likeness (QED) is 0.610. The van der Waals surface area contributed by atoms with E-state index in [1.54, 1.807) is 6.07 Å². The summed E-state index contributed by atoms with van der Waals surface area (Å²) in [6, 6.07) is 3.94. The van der Waals surface area contributed by atoms with Crippen molar-refractivity contribution in [2.24, 2.45) is 11.3 Å². The molecule has 1 aromatic rings. The van der Waals surface area contributed by atoms with Crippen LogP contribution >= 0.6 is 0 Å². The predicted octanol–water partition coefficient (Wildman–Crippen LogP) is 2.69. The van der Waals surface area contributed by atoms with E-state index in [2.05, 4.69) is 7.05 Å². The van der Waals surface area contributed by atoms with Crippen LogP contribution in [0, 0.1) is 11.3 Å². The van der Waals surface area contributed by atoms with Crippen molar-refractivity contribution in [1.29, 1.82) is 0 Å². The number of benzene rings is 1. The zero-order chi connectivity index (χ0) is 20.8. The number of quaternary nitrogens is 1. The van der Waals surface area contributed by atoms with E-state index in [0.717, 1.165) is 31.4 Å². The van der Waals surface area contributed by atoms with Gasteiger partial charge in [0.05, 0.1) is 30.5 Å². The molecule has 29 heavy (non-hydrogen) atoms. The van der Waals surface area contributed by atoms with Crippen LogP contribution in [-0.4, -0.2) is 53.8 Å². The Morgan fingerprint density at radius 1 is 1.38 bits per heavy atom. The minimum Gasteiger partial charge on any atom is -0.504 e. The van der Waals surface area contributed by atoms with E-state index in [-0.39, 0.29) is 34.9 Å². The molecule has 5 rings (SSSR count). The number of hydrogen-bond acceptors (Lipinski definition) is 5. The van der Waals surface area contributed by atoms with Gasteiger partial charge in [0, 0.05) is 30.7 Å². The average molecular weight is 400 g/mol. The third kappa shape index (κ3) is 2.38. The molecule has 0 radical (unpaired) electrons. The molecule has 2 heterocycles. The van der Waals surface area contributed by atoms with Gasteiger partial charge >= 0.3 is 5.97 Å². The Balaban J connectivity index is 1.56. The standard InChI is InChI=1S/C23H29NO5/c1-22(2,3)21(27)28-12-24(4)10-9-23-14-6-8-17(26)20(23)29-19-16(25)7-5-13(18(19)23)11-15(14)24/h5,7,14-15,20H,6,8-12H2,1-4H3/p+1/t14-,15?,20-,23-,24-/m0/s1. The number of likely N-dealkylation sites (tertiary alicyclic amines) is 1. The van der Waals surface area contributed by atoms with Crippen LogP contribution in [0.2, 0.25) is 0 Å². The summed E-state index contributed by atoms with van der Waals surface area (Å²) in [5, 5.41) is 10.4. The number of nitrogens with zero attached hydrogens (tertiary/aromatic N) is 1. The third-order valence-electron chi connectivity index (χ3n) is 7.88. The van der Waals surface area contributed by atoms with Gasteiger partial charge in [0.2, 0.25) is 6.73 Å². The lowest BCUT2D eigenvalue weighted by Crippen LogP contribution is -2.72. The van der Waals surface area contributed by atoms with Crippen LogP contribution in [0.5, 0.6) is 11.5 Å². The van der Waals surface area contributed by atoms with Crippen molar-refractivity contribution < 1.29 is 28.7 Å². The number of ether oxygens (including phenoxy) is 2. The minimum atomic E-state index is -0.524. The molecule has 4 aliphatic rings. The topological polar surface area (TPSA) is 72.8 Å². The lowest BCUT2D eigenvalue weighted by molar-refractivity contribution is -0.959. The highest BCUT2D eigenvalue weighted by atomic mass is 16.5. The highest BCUT2D eigenvalue weighted by Crippen LogP contribution is 2.63. The van der Waals surface area contributed by atoms with Crippen molar-refractivity contribution >= 4 is 11.8 Å².